The van der Waals surface area contributed by atoms with Crippen LogP contribution < -0.4 is 24.3 Å². The van der Waals surface area contributed by atoms with Crippen molar-refractivity contribution < 1.29 is 28.5 Å². The Morgan fingerprint density at radius 3 is 2.21 bits per heavy atom. The van der Waals surface area contributed by atoms with Crippen LogP contribution in [0.4, 0.5) is 0 Å². The van der Waals surface area contributed by atoms with Gasteiger partial charge in [0, 0.05) is 12.6 Å². The first kappa shape index (κ1) is 24.8. The molecule has 0 fully saturated rings. The van der Waals surface area contributed by atoms with E-state index in [0.717, 1.165) is 5.56 Å². The molecule has 0 bridgehead atoms. The van der Waals surface area contributed by atoms with Gasteiger partial charge in [0.15, 0.2) is 23.0 Å². The number of benzene rings is 2. The van der Waals surface area contributed by atoms with E-state index < -0.39 is 11.9 Å². The largest absolute Gasteiger partial charge is 0.493 e. The zero-order valence-corrected chi connectivity index (χ0v) is 18.6. The summed E-state index contributed by atoms with van der Waals surface area (Å²) in [7, 11) is 4.48. The molecule has 1 N–H and O–H groups in total. The number of ether oxygens (including phenoxy) is 4. The van der Waals surface area contributed by atoms with Crippen molar-refractivity contribution in [3.63, 3.8) is 0 Å². The van der Waals surface area contributed by atoms with E-state index in [1.165, 1.54) is 45.6 Å². The number of methoxy groups -OCH3 is 3. The molecule has 33 heavy (non-hydrogen) atoms. The monoisotopic (exact) mass is 448 g/mol. The van der Waals surface area contributed by atoms with Crippen molar-refractivity contribution in [2.75, 3.05) is 27.9 Å². The first-order valence-electron chi connectivity index (χ1n) is 9.76. The van der Waals surface area contributed by atoms with Gasteiger partial charge in [-0.1, -0.05) is 18.2 Å². The zero-order chi connectivity index (χ0) is 24.2. The highest BCUT2D eigenvalue weighted by molar-refractivity contribution is 6.01. The molecule has 0 radical (unpaired) electrons. The molecule has 170 valence electrons. The maximum absolute atomic E-state index is 12.3. The molecule has 0 saturated carbocycles. The highest BCUT2D eigenvalue weighted by atomic mass is 16.6. The number of amides is 1. The molecule has 0 saturated heterocycles. The first-order valence-corrected chi connectivity index (χ1v) is 9.76. The molecule has 0 aliphatic carbocycles. The molecule has 1 amide bonds. The first-order chi connectivity index (χ1) is 15.9. The quantitative estimate of drug-likeness (QED) is 0.195. The summed E-state index contributed by atoms with van der Waals surface area (Å²) in [6.07, 6.45) is 5.77. The minimum Gasteiger partial charge on any atom is -0.493 e. The Balaban J connectivity index is 2.16. The van der Waals surface area contributed by atoms with Gasteiger partial charge in [-0.3, -0.25) is 4.79 Å². The fraction of sp³-hybridized carbons (Fsp3) is 0.160. The van der Waals surface area contributed by atoms with Crippen LogP contribution in [0.2, 0.25) is 0 Å². The molecule has 2 aromatic carbocycles. The van der Waals surface area contributed by atoms with Crippen LogP contribution in [0.15, 0.2) is 60.7 Å². The Morgan fingerprint density at radius 1 is 0.970 bits per heavy atom. The molecule has 0 aliphatic heterocycles. The standard InChI is InChI=1S/C25H24N2O6/c1-5-12-27-25(29)19(16-26)13-18-7-10-21(23(15-18)32-4)33-24(28)11-8-17-6-9-20(30-2)22(14-17)31-3/h5-11,13-15H,1,12H2,2-4H3,(H,27,29)/b11-8+,19-13+. The number of nitriles is 1. The fourth-order valence-electron chi connectivity index (χ4n) is 2.70. The second-order valence-corrected chi connectivity index (χ2v) is 6.45. The lowest BCUT2D eigenvalue weighted by Gasteiger charge is -2.09. The van der Waals surface area contributed by atoms with E-state index in [1.54, 1.807) is 36.4 Å². The third kappa shape index (κ3) is 7.01. The van der Waals surface area contributed by atoms with Crippen LogP contribution in [0.3, 0.4) is 0 Å². The lowest BCUT2D eigenvalue weighted by atomic mass is 10.1. The number of carbonyl (C=O) groups excluding carboxylic acids is 2. The van der Waals surface area contributed by atoms with E-state index in [4.69, 9.17) is 18.9 Å². The Morgan fingerprint density at radius 2 is 1.58 bits per heavy atom. The van der Waals surface area contributed by atoms with Gasteiger partial charge < -0.3 is 24.3 Å². The molecule has 0 unspecified atom stereocenters. The maximum Gasteiger partial charge on any atom is 0.336 e. The van der Waals surface area contributed by atoms with Crippen molar-refractivity contribution in [2.24, 2.45) is 0 Å². The molecule has 0 heterocycles. The van der Waals surface area contributed by atoms with Crippen LogP contribution in [-0.4, -0.2) is 39.8 Å². The van der Waals surface area contributed by atoms with E-state index in [9.17, 15) is 14.9 Å². The number of nitrogens with zero attached hydrogens (tertiary/aromatic N) is 1. The summed E-state index contributed by atoms with van der Waals surface area (Å²) < 4.78 is 21.1. The van der Waals surface area contributed by atoms with E-state index in [0.29, 0.717) is 17.1 Å². The number of nitrogens with one attached hydrogen (secondary N) is 1. The summed E-state index contributed by atoms with van der Waals surface area (Å²) in [5.74, 6) is 0.425. The van der Waals surface area contributed by atoms with Gasteiger partial charge in [0.25, 0.3) is 5.91 Å². The van der Waals surface area contributed by atoms with Crippen molar-refractivity contribution in [3.8, 4) is 29.1 Å². The number of hydrogen-bond donors (Lipinski definition) is 1. The minimum atomic E-state index is -0.618. The average molecular weight is 448 g/mol. The number of esters is 1. The molecule has 0 atom stereocenters. The SMILES string of the molecule is C=CCNC(=O)/C(C#N)=C/c1ccc(OC(=O)/C=C/c2ccc(OC)c(OC)c2)c(OC)c1. The van der Waals surface area contributed by atoms with Crippen LogP contribution in [0, 0.1) is 11.3 Å². The average Bonchev–Trinajstić information content (AvgIpc) is 2.84. The lowest BCUT2D eigenvalue weighted by molar-refractivity contribution is -0.129. The fourth-order valence-corrected chi connectivity index (χ4v) is 2.70. The highest BCUT2D eigenvalue weighted by Gasteiger charge is 2.12. The normalized spacial score (nSPS) is 10.8. The summed E-state index contributed by atoms with van der Waals surface area (Å²) in [6.45, 7) is 3.76. The van der Waals surface area contributed by atoms with Crippen molar-refractivity contribution in [1.82, 2.24) is 5.32 Å². The zero-order valence-electron chi connectivity index (χ0n) is 18.6. The van der Waals surface area contributed by atoms with E-state index >= 15 is 0 Å². The summed E-state index contributed by atoms with van der Waals surface area (Å²) in [4.78, 5) is 24.3. The van der Waals surface area contributed by atoms with Gasteiger partial charge in [-0.15, -0.1) is 6.58 Å². The Kier molecular flexibility index (Phi) is 9.28. The summed E-state index contributed by atoms with van der Waals surface area (Å²) in [5, 5.41) is 11.8. The van der Waals surface area contributed by atoms with E-state index in [1.807, 2.05) is 6.07 Å². The Bertz CT molecular complexity index is 1130. The maximum atomic E-state index is 12.3. The lowest BCUT2D eigenvalue weighted by Crippen LogP contribution is -2.24. The number of hydrogen-bond acceptors (Lipinski definition) is 7. The summed E-state index contributed by atoms with van der Waals surface area (Å²) in [5.41, 5.74) is 1.16. The van der Waals surface area contributed by atoms with Crippen LogP contribution in [-0.2, 0) is 9.59 Å². The smallest absolute Gasteiger partial charge is 0.336 e. The topological polar surface area (TPSA) is 107 Å². The van der Waals surface area contributed by atoms with E-state index in [2.05, 4.69) is 11.9 Å². The minimum absolute atomic E-state index is 0.0819. The van der Waals surface area contributed by atoms with Gasteiger partial charge in [0.05, 0.1) is 21.3 Å². The third-order valence-electron chi connectivity index (χ3n) is 4.30. The molecule has 0 spiro atoms. The molecule has 0 aliphatic rings. The van der Waals surface area contributed by atoms with Gasteiger partial charge in [-0.2, -0.15) is 5.26 Å². The molecule has 2 rings (SSSR count). The molecule has 0 aromatic heterocycles. The predicted octanol–water partition coefficient (Wildman–Crippen LogP) is 3.54. The van der Waals surface area contributed by atoms with Crippen LogP contribution in [0.1, 0.15) is 11.1 Å². The van der Waals surface area contributed by atoms with Crippen molar-refractivity contribution >= 4 is 24.0 Å². The second-order valence-electron chi connectivity index (χ2n) is 6.45. The van der Waals surface area contributed by atoms with Gasteiger partial charge in [0.2, 0.25) is 0 Å². The Hall–Kier alpha value is -4.51. The van der Waals surface area contributed by atoms with Gasteiger partial charge in [0.1, 0.15) is 11.6 Å². The third-order valence-corrected chi connectivity index (χ3v) is 4.30. The highest BCUT2D eigenvalue weighted by Crippen LogP contribution is 2.30. The van der Waals surface area contributed by atoms with E-state index in [-0.39, 0.29) is 23.6 Å². The van der Waals surface area contributed by atoms with Crippen LogP contribution in [0.5, 0.6) is 23.0 Å². The van der Waals surface area contributed by atoms with Gasteiger partial charge >= 0.3 is 5.97 Å². The second kappa shape index (κ2) is 12.4. The van der Waals surface area contributed by atoms with Crippen LogP contribution in [0.25, 0.3) is 12.2 Å². The van der Waals surface area contributed by atoms with Crippen molar-refractivity contribution in [2.45, 2.75) is 0 Å². The van der Waals surface area contributed by atoms with Crippen LogP contribution >= 0.6 is 0 Å². The van der Waals surface area contributed by atoms with Crippen molar-refractivity contribution in [3.05, 3.63) is 71.8 Å². The molecule has 8 heteroatoms. The predicted molar refractivity (Wildman–Crippen MR) is 124 cm³/mol. The molecule has 8 nitrogen and oxygen atoms in total. The molecular formula is C25H24N2O6. The summed E-state index contributed by atoms with van der Waals surface area (Å²) >= 11 is 0. The Labute approximate surface area is 192 Å². The molecule has 2 aromatic rings. The number of carbonyl (C=O) groups is 2. The number of rotatable bonds is 10. The van der Waals surface area contributed by atoms with Crippen molar-refractivity contribution in [1.29, 1.82) is 5.26 Å². The summed E-state index contributed by atoms with van der Waals surface area (Å²) in [6, 6.07) is 11.7. The molecular weight excluding hydrogens is 424 g/mol. The van der Waals surface area contributed by atoms with Gasteiger partial charge in [-0.05, 0) is 47.5 Å². The van der Waals surface area contributed by atoms with Gasteiger partial charge in [-0.25, -0.2) is 4.79 Å².